The summed E-state index contributed by atoms with van der Waals surface area (Å²) in [6.07, 6.45) is 8.33. The lowest BCUT2D eigenvalue weighted by Gasteiger charge is -2.20. The maximum Gasteiger partial charge on any atom is 0.134 e. The molecular weight excluding hydrogens is 304 g/mol. The summed E-state index contributed by atoms with van der Waals surface area (Å²) in [4.78, 5) is 6.19. The van der Waals surface area contributed by atoms with Crippen molar-refractivity contribution in [3.05, 3.63) is 54.9 Å². The van der Waals surface area contributed by atoms with Gasteiger partial charge in [0.25, 0.3) is 0 Å². The third-order valence-electron chi connectivity index (χ3n) is 3.09. The number of nitrogens with zero attached hydrogens (tertiary/aromatic N) is 2. The Balaban J connectivity index is 2.63. The van der Waals surface area contributed by atoms with Crippen LogP contribution >= 0.6 is 0 Å². The number of para-hydroxylation sites is 1. The van der Waals surface area contributed by atoms with E-state index in [9.17, 15) is 5.11 Å². The minimum atomic E-state index is -0.135. The highest BCUT2D eigenvalue weighted by atomic mass is 16.5. The molecule has 5 nitrogen and oxygen atoms in total. The number of aliphatic hydroxyl groups excluding tert-OH is 1. The lowest BCUT2D eigenvalue weighted by Crippen LogP contribution is -2.31. The highest BCUT2D eigenvalue weighted by Gasteiger charge is 2.06. The van der Waals surface area contributed by atoms with Crippen molar-refractivity contribution in [2.75, 3.05) is 33.0 Å². The molecule has 0 aromatic heterocycles. The van der Waals surface area contributed by atoms with Crippen molar-refractivity contribution in [2.45, 2.75) is 20.3 Å². The average molecular weight is 332 g/mol. The minimum absolute atomic E-state index is 0.135. The molecular formula is C19H28N2O3. The molecule has 0 saturated heterocycles. The summed E-state index contributed by atoms with van der Waals surface area (Å²) in [5.74, 6) is 1.40. The number of benzene rings is 1. The van der Waals surface area contributed by atoms with Crippen LogP contribution in [0.15, 0.2) is 59.9 Å². The molecule has 1 aromatic carbocycles. The van der Waals surface area contributed by atoms with Gasteiger partial charge in [-0.25, -0.2) is 4.99 Å². The predicted octanol–water partition coefficient (Wildman–Crippen LogP) is 3.23. The number of hydrogen-bond acceptors (Lipinski definition) is 4. The largest absolute Gasteiger partial charge is 0.489 e. The van der Waals surface area contributed by atoms with E-state index in [1.165, 1.54) is 0 Å². The van der Waals surface area contributed by atoms with Gasteiger partial charge < -0.3 is 19.5 Å². The van der Waals surface area contributed by atoms with E-state index in [0.717, 1.165) is 12.2 Å². The van der Waals surface area contributed by atoms with Gasteiger partial charge in [-0.05, 0) is 31.6 Å². The van der Waals surface area contributed by atoms with Crippen LogP contribution in [0.4, 0.5) is 0 Å². The number of amidine groups is 1. The second kappa shape index (κ2) is 13.3. The molecule has 0 spiro atoms. The van der Waals surface area contributed by atoms with Crippen LogP contribution in [0.3, 0.4) is 0 Å². The first-order valence-corrected chi connectivity index (χ1v) is 8.33. The third kappa shape index (κ3) is 8.50. The number of hydrogen-bond donors (Lipinski definition) is 1. The molecule has 5 heteroatoms. The van der Waals surface area contributed by atoms with Gasteiger partial charge in [0.05, 0.1) is 6.61 Å². The van der Waals surface area contributed by atoms with Gasteiger partial charge in [0.2, 0.25) is 0 Å². The van der Waals surface area contributed by atoms with Crippen LogP contribution in [0.1, 0.15) is 20.3 Å². The predicted molar refractivity (Wildman–Crippen MR) is 98.2 cm³/mol. The zero-order valence-corrected chi connectivity index (χ0v) is 14.6. The molecule has 0 aliphatic rings. The van der Waals surface area contributed by atoms with E-state index >= 15 is 0 Å². The monoisotopic (exact) mass is 332 g/mol. The summed E-state index contributed by atoms with van der Waals surface area (Å²) >= 11 is 0. The molecule has 0 unspecified atom stereocenters. The molecule has 24 heavy (non-hydrogen) atoms. The normalized spacial score (nSPS) is 12.2. The quantitative estimate of drug-likeness (QED) is 0.384. The Morgan fingerprint density at radius 2 is 2.00 bits per heavy atom. The van der Waals surface area contributed by atoms with Gasteiger partial charge in [0.15, 0.2) is 0 Å². The summed E-state index contributed by atoms with van der Waals surface area (Å²) in [5, 5.41) is 9.57. The molecule has 0 saturated carbocycles. The second-order valence-corrected chi connectivity index (χ2v) is 4.90. The van der Waals surface area contributed by atoms with Gasteiger partial charge >= 0.3 is 0 Å². The lowest BCUT2D eigenvalue weighted by atomic mass is 10.3. The van der Waals surface area contributed by atoms with Gasteiger partial charge in [-0.2, -0.15) is 0 Å². The molecule has 1 N–H and O–H groups in total. The minimum Gasteiger partial charge on any atom is -0.489 e. The zero-order valence-electron chi connectivity index (χ0n) is 14.6. The van der Waals surface area contributed by atoms with Crippen molar-refractivity contribution in [1.29, 1.82) is 0 Å². The molecule has 132 valence electrons. The van der Waals surface area contributed by atoms with E-state index in [0.29, 0.717) is 32.2 Å². The zero-order chi connectivity index (χ0) is 17.5. The van der Waals surface area contributed by atoms with Crippen LogP contribution < -0.4 is 4.74 Å². The molecule has 0 atom stereocenters. The Hall–Kier alpha value is -2.11. The summed E-state index contributed by atoms with van der Waals surface area (Å²) in [7, 11) is 0. The Labute approximate surface area is 144 Å². The highest BCUT2D eigenvalue weighted by molar-refractivity contribution is 5.84. The number of allylic oxidation sites excluding steroid dienone is 1. The molecule has 0 heterocycles. The van der Waals surface area contributed by atoms with Crippen LogP contribution in [-0.4, -0.2) is 48.8 Å². The Morgan fingerprint density at radius 3 is 2.67 bits per heavy atom. The summed E-state index contributed by atoms with van der Waals surface area (Å²) < 4.78 is 11.0. The van der Waals surface area contributed by atoms with Gasteiger partial charge in [-0.1, -0.05) is 31.2 Å². The molecule has 0 aliphatic heterocycles. The molecule has 0 bridgehead atoms. The number of ether oxygens (including phenoxy) is 2. The Morgan fingerprint density at radius 1 is 1.21 bits per heavy atom. The van der Waals surface area contributed by atoms with Gasteiger partial charge in [0, 0.05) is 25.6 Å². The van der Waals surface area contributed by atoms with Crippen molar-refractivity contribution < 1.29 is 14.6 Å². The summed E-state index contributed by atoms with van der Waals surface area (Å²) in [6.45, 7) is 6.15. The number of rotatable bonds is 11. The van der Waals surface area contributed by atoms with Crippen molar-refractivity contribution in [2.24, 2.45) is 4.99 Å². The fourth-order valence-electron chi connectivity index (χ4n) is 1.88. The molecule has 1 aromatic rings. The van der Waals surface area contributed by atoms with Crippen LogP contribution in [-0.2, 0) is 4.74 Å². The molecule has 0 amide bonds. The van der Waals surface area contributed by atoms with Crippen LogP contribution in [0, 0.1) is 0 Å². The van der Waals surface area contributed by atoms with Crippen molar-refractivity contribution in [3.8, 4) is 5.75 Å². The van der Waals surface area contributed by atoms with Crippen LogP contribution in [0.25, 0.3) is 0 Å². The van der Waals surface area contributed by atoms with E-state index in [-0.39, 0.29) is 6.61 Å². The maximum atomic E-state index is 9.57. The smallest absolute Gasteiger partial charge is 0.134 e. The Bertz CT molecular complexity index is 513. The van der Waals surface area contributed by atoms with E-state index in [4.69, 9.17) is 9.47 Å². The Kier molecular flexibility index (Phi) is 11.1. The van der Waals surface area contributed by atoms with Gasteiger partial charge in [-0.15, -0.1) is 0 Å². The van der Waals surface area contributed by atoms with E-state index in [2.05, 4.69) is 4.99 Å². The second-order valence-electron chi connectivity index (χ2n) is 4.90. The maximum absolute atomic E-state index is 9.57. The van der Waals surface area contributed by atoms with Gasteiger partial charge in [-0.3, -0.25) is 0 Å². The van der Waals surface area contributed by atoms with Crippen LogP contribution in [0.5, 0.6) is 5.75 Å². The average Bonchev–Trinajstić information content (AvgIpc) is 2.62. The standard InChI is InChI=1S/C19H28N2O3/c1-3-5-12-20-19(17-22)21(14-16-23-4-2)13-9-15-24-18-10-7-6-8-11-18/h5-13,22H,3-4,14-17H2,1-2H3/b12-5+,13-9+,20-19?. The van der Waals surface area contributed by atoms with Gasteiger partial charge in [0.1, 0.15) is 24.8 Å². The number of aliphatic hydroxyl groups is 1. The fourth-order valence-corrected chi connectivity index (χ4v) is 1.88. The van der Waals surface area contributed by atoms with E-state index in [1.807, 2.05) is 67.4 Å². The number of aliphatic imine (C=N–C) groups is 1. The lowest BCUT2D eigenvalue weighted by molar-refractivity contribution is 0.138. The highest BCUT2D eigenvalue weighted by Crippen LogP contribution is 2.08. The molecule has 0 fully saturated rings. The first kappa shape index (κ1) is 19.9. The SMILES string of the molecule is CC/C=C/N=C(CO)N(/C=C/COc1ccccc1)CCOCC. The first-order chi connectivity index (χ1) is 11.8. The summed E-state index contributed by atoms with van der Waals surface area (Å²) in [5.41, 5.74) is 0. The van der Waals surface area contributed by atoms with E-state index in [1.54, 1.807) is 6.20 Å². The molecule has 0 radical (unpaired) electrons. The molecule has 0 aliphatic carbocycles. The fraction of sp³-hybridized carbons (Fsp3) is 0.421. The topological polar surface area (TPSA) is 54.3 Å². The van der Waals surface area contributed by atoms with Crippen molar-refractivity contribution in [1.82, 2.24) is 4.90 Å². The van der Waals surface area contributed by atoms with E-state index < -0.39 is 0 Å². The first-order valence-electron chi connectivity index (χ1n) is 8.33. The third-order valence-corrected chi connectivity index (χ3v) is 3.09. The van der Waals surface area contributed by atoms with Crippen LogP contribution in [0.2, 0.25) is 0 Å². The summed E-state index contributed by atoms with van der Waals surface area (Å²) in [6, 6.07) is 9.65. The van der Waals surface area contributed by atoms with Crippen molar-refractivity contribution >= 4 is 5.84 Å². The van der Waals surface area contributed by atoms with Crippen molar-refractivity contribution in [3.63, 3.8) is 0 Å². The molecule has 1 rings (SSSR count).